The molecule has 0 atom stereocenters. The highest BCUT2D eigenvalue weighted by Gasteiger charge is 2.23. The fraction of sp³-hybridized carbons (Fsp3) is 0.583. The fourth-order valence-corrected chi connectivity index (χ4v) is 1.81. The molecule has 0 radical (unpaired) electrons. The Balaban J connectivity index is 3.22. The Morgan fingerprint density at radius 3 is 2.67 bits per heavy atom. The van der Waals surface area contributed by atoms with Gasteiger partial charge >= 0.3 is 5.97 Å². The Hall–Kier alpha value is -2.03. The lowest BCUT2D eigenvalue weighted by Crippen LogP contribution is -2.38. The minimum absolute atomic E-state index is 0.0611. The lowest BCUT2D eigenvalue weighted by atomic mass is 10.2. The summed E-state index contributed by atoms with van der Waals surface area (Å²) in [6, 6.07) is 2.20. The number of nitrogens with zero attached hydrogens (tertiary/aromatic N) is 4. The molecule has 98 valence electrons. The maximum absolute atomic E-state index is 11.4. The summed E-state index contributed by atoms with van der Waals surface area (Å²) in [4.78, 5) is 13.3. The van der Waals surface area contributed by atoms with E-state index in [1.807, 2.05) is 18.7 Å². The molecule has 1 rings (SSSR count). The van der Waals surface area contributed by atoms with Gasteiger partial charge in [0.05, 0.1) is 12.8 Å². The molecule has 0 aromatic carbocycles. The summed E-state index contributed by atoms with van der Waals surface area (Å²) in [5.41, 5.74) is 1.15. The van der Waals surface area contributed by atoms with E-state index in [9.17, 15) is 10.1 Å². The summed E-state index contributed by atoms with van der Waals surface area (Å²) < 4.78 is 6.30. The molecule has 0 N–H and O–H groups in total. The number of hydrogen-bond donors (Lipinski definition) is 0. The quantitative estimate of drug-likeness (QED) is 0.745. The number of anilines is 1. The van der Waals surface area contributed by atoms with Crippen LogP contribution in [0.5, 0.6) is 0 Å². The van der Waals surface area contributed by atoms with Crippen LogP contribution in [0.15, 0.2) is 0 Å². The van der Waals surface area contributed by atoms with Crippen LogP contribution in [0.2, 0.25) is 0 Å². The average molecular weight is 250 g/mol. The van der Waals surface area contributed by atoms with Crippen molar-refractivity contribution in [3.63, 3.8) is 0 Å². The summed E-state index contributed by atoms with van der Waals surface area (Å²) in [6.45, 7) is 5.78. The van der Waals surface area contributed by atoms with Gasteiger partial charge in [-0.3, -0.25) is 9.48 Å². The molecular weight excluding hydrogens is 232 g/mol. The van der Waals surface area contributed by atoms with E-state index in [0.717, 1.165) is 0 Å². The van der Waals surface area contributed by atoms with Gasteiger partial charge in [0.25, 0.3) is 0 Å². The number of rotatable bonds is 4. The van der Waals surface area contributed by atoms with E-state index in [2.05, 4.69) is 15.9 Å². The molecule has 0 aliphatic heterocycles. The Morgan fingerprint density at radius 2 is 2.22 bits per heavy atom. The van der Waals surface area contributed by atoms with Crippen LogP contribution in [-0.2, 0) is 16.6 Å². The topological polar surface area (TPSA) is 71.2 Å². The van der Waals surface area contributed by atoms with E-state index in [0.29, 0.717) is 17.1 Å². The molecule has 0 unspecified atom stereocenters. The van der Waals surface area contributed by atoms with Crippen LogP contribution >= 0.6 is 0 Å². The summed E-state index contributed by atoms with van der Waals surface area (Å²) in [7, 11) is 3.11. The lowest BCUT2D eigenvalue weighted by molar-refractivity contribution is -0.139. The van der Waals surface area contributed by atoms with Gasteiger partial charge in [-0.1, -0.05) is 0 Å². The van der Waals surface area contributed by atoms with Gasteiger partial charge in [-0.05, 0) is 20.8 Å². The Morgan fingerprint density at radius 1 is 1.61 bits per heavy atom. The van der Waals surface area contributed by atoms with Crippen molar-refractivity contribution in [2.24, 2.45) is 7.05 Å². The van der Waals surface area contributed by atoms with Crippen LogP contribution < -0.4 is 4.90 Å². The highest BCUT2D eigenvalue weighted by atomic mass is 16.5. The summed E-state index contributed by atoms with van der Waals surface area (Å²) in [5, 5.41) is 13.4. The van der Waals surface area contributed by atoms with Gasteiger partial charge in [0.15, 0.2) is 0 Å². The van der Waals surface area contributed by atoms with E-state index in [1.54, 1.807) is 18.7 Å². The molecule has 0 saturated heterocycles. The van der Waals surface area contributed by atoms with Gasteiger partial charge in [-0.15, -0.1) is 0 Å². The van der Waals surface area contributed by atoms with E-state index in [-0.39, 0.29) is 18.6 Å². The van der Waals surface area contributed by atoms with Crippen molar-refractivity contribution >= 4 is 11.8 Å². The fourth-order valence-electron chi connectivity index (χ4n) is 1.81. The molecule has 0 aliphatic rings. The lowest BCUT2D eigenvalue weighted by Gasteiger charge is -2.27. The molecule has 1 aromatic heterocycles. The first kappa shape index (κ1) is 14.0. The van der Waals surface area contributed by atoms with E-state index in [1.165, 1.54) is 7.11 Å². The predicted molar refractivity (Wildman–Crippen MR) is 67.2 cm³/mol. The van der Waals surface area contributed by atoms with E-state index in [4.69, 9.17) is 0 Å². The number of carbonyl (C=O) groups excluding carboxylic acids is 1. The van der Waals surface area contributed by atoms with Crippen LogP contribution in [-0.4, -0.2) is 35.4 Å². The van der Waals surface area contributed by atoms with Crippen molar-refractivity contribution in [2.75, 3.05) is 18.6 Å². The molecule has 0 saturated carbocycles. The van der Waals surface area contributed by atoms with Gasteiger partial charge in [-0.25, -0.2) is 0 Å². The zero-order valence-electron chi connectivity index (χ0n) is 11.4. The molecule has 0 fully saturated rings. The third kappa shape index (κ3) is 2.62. The number of aryl methyl sites for hydroxylation is 2. The summed E-state index contributed by atoms with van der Waals surface area (Å²) >= 11 is 0. The van der Waals surface area contributed by atoms with Crippen molar-refractivity contribution in [1.82, 2.24) is 9.78 Å². The maximum Gasteiger partial charge on any atom is 0.325 e. The van der Waals surface area contributed by atoms with Gasteiger partial charge < -0.3 is 9.64 Å². The van der Waals surface area contributed by atoms with Gasteiger partial charge in [0, 0.05) is 13.1 Å². The molecular formula is C12H18N4O2. The van der Waals surface area contributed by atoms with Crippen molar-refractivity contribution in [3.8, 4) is 6.07 Å². The molecule has 0 aliphatic carbocycles. The van der Waals surface area contributed by atoms with Crippen molar-refractivity contribution in [3.05, 3.63) is 11.3 Å². The SMILES string of the molecule is COC(=O)CN(c1c(C#N)c(C)nn1C)C(C)C. The second kappa shape index (κ2) is 5.54. The van der Waals surface area contributed by atoms with Crippen LogP contribution in [0.1, 0.15) is 25.1 Å². The molecule has 1 heterocycles. The van der Waals surface area contributed by atoms with Crippen LogP contribution in [0, 0.1) is 18.3 Å². The standard InChI is InChI=1S/C12H18N4O2/c1-8(2)16(7-11(17)18-5)12-10(6-13)9(3)14-15(12)4/h8H,7H2,1-5H3. The molecule has 6 heteroatoms. The van der Waals surface area contributed by atoms with Gasteiger partial charge in [0.1, 0.15) is 24.0 Å². The van der Waals surface area contributed by atoms with Crippen molar-refractivity contribution < 1.29 is 9.53 Å². The maximum atomic E-state index is 11.4. The first-order chi connectivity index (χ1) is 8.42. The number of hydrogen-bond acceptors (Lipinski definition) is 5. The van der Waals surface area contributed by atoms with Crippen LogP contribution in [0.3, 0.4) is 0 Å². The predicted octanol–water partition coefficient (Wildman–Crippen LogP) is 0.988. The first-order valence-corrected chi connectivity index (χ1v) is 5.69. The number of nitriles is 1. The number of carbonyl (C=O) groups is 1. The first-order valence-electron chi connectivity index (χ1n) is 5.69. The van der Waals surface area contributed by atoms with E-state index < -0.39 is 0 Å². The second-order valence-electron chi connectivity index (χ2n) is 4.32. The van der Waals surface area contributed by atoms with Crippen molar-refractivity contribution in [1.29, 1.82) is 5.26 Å². The molecule has 0 bridgehead atoms. The number of esters is 1. The number of methoxy groups -OCH3 is 1. The average Bonchev–Trinajstić information content (AvgIpc) is 2.59. The molecule has 6 nitrogen and oxygen atoms in total. The van der Waals surface area contributed by atoms with Crippen LogP contribution in [0.25, 0.3) is 0 Å². The van der Waals surface area contributed by atoms with Gasteiger partial charge in [-0.2, -0.15) is 10.4 Å². The Kier molecular flexibility index (Phi) is 4.32. The minimum Gasteiger partial charge on any atom is -0.468 e. The highest BCUT2D eigenvalue weighted by Crippen LogP contribution is 2.24. The third-order valence-corrected chi connectivity index (χ3v) is 2.73. The normalized spacial score (nSPS) is 10.3. The number of aromatic nitrogens is 2. The molecule has 1 aromatic rings. The highest BCUT2D eigenvalue weighted by molar-refractivity contribution is 5.76. The summed E-state index contributed by atoms with van der Waals surface area (Å²) in [5.74, 6) is 0.307. The number of ether oxygens (including phenoxy) is 1. The zero-order valence-corrected chi connectivity index (χ0v) is 11.4. The largest absolute Gasteiger partial charge is 0.468 e. The Bertz CT molecular complexity index is 485. The monoisotopic (exact) mass is 250 g/mol. The Labute approximate surface area is 107 Å². The zero-order chi connectivity index (χ0) is 13.9. The molecule has 18 heavy (non-hydrogen) atoms. The van der Waals surface area contributed by atoms with E-state index >= 15 is 0 Å². The molecule has 0 amide bonds. The second-order valence-corrected chi connectivity index (χ2v) is 4.32. The van der Waals surface area contributed by atoms with Crippen LogP contribution in [0.4, 0.5) is 5.82 Å². The smallest absolute Gasteiger partial charge is 0.325 e. The summed E-state index contributed by atoms with van der Waals surface area (Å²) in [6.07, 6.45) is 0. The third-order valence-electron chi connectivity index (χ3n) is 2.73. The van der Waals surface area contributed by atoms with Gasteiger partial charge in [0.2, 0.25) is 0 Å². The van der Waals surface area contributed by atoms with Crippen molar-refractivity contribution in [2.45, 2.75) is 26.8 Å². The molecule has 0 spiro atoms. The minimum atomic E-state index is -0.341.